The second-order valence-electron chi connectivity index (χ2n) is 5.86. The minimum atomic E-state index is -0.555. The van der Waals surface area contributed by atoms with Crippen molar-refractivity contribution in [3.8, 4) is 17.6 Å². The van der Waals surface area contributed by atoms with E-state index < -0.39 is 11.9 Å². The molecule has 0 heterocycles. The fourth-order valence-electron chi connectivity index (χ4n) is 2.38. The minimum absolute atomic E-state index is 0.0971. The van der Waals surface area contributed by atoms with Gasteiger partial charge in [0.15, 0.2) is 6.61 Å². The van der Waals surface area contributed by atoms with Gasteiger partial charge < -0.3 is 19.5 Å². The van der Waals surface area contributed by atoms with Crippen molar-refractivity contribution in [3.05, 3.63) is 58.6 Å². The van der Waals surface area contributed by atoms with Gasteiger partial charge in [-0.3, -0.25) is 4.79 Å². The molecule has 0 aliphatic carbocycles. The molecule has 7 nitrogen and oxygen atoms in total. The van der Waals surface area contributed by atoms with E-state index in [9.17, 15) is 14.9 Å². The van der Waals surface area contributed by atoms with Crippen LogP contribution in [0.2, 0.25) is 5.02 Å². The number of carbonyl (C=O) groups is 2. The van der Waals surface area contributed by atoms with Crippen LogP contribution >= 0.6 is 11.6 Å². The summed E-state index contributed by atoms with van der Waals surface area (Å²) in [6.45, 7) is 4.12. The molecule has 0 bridgehead atoms. The van der Waals surface area contributed by atoms with Crippen LogP contribution in [0.1, 0.15) is 19.4 Å². The Bertz CT molecular complexity index is 964. The van der Waals surface area contributed by atoms with Crippen molar-refractivity contribution in [2.75, 3.05) is 25.1 Å². The average Bonchev–Trinajstić information content (AvgIpc) is 2.73. The number of carbonyl (C=O) groups excluding carboxylic acids is 2. The highest BCUT2D eigenvalue weighted by Crippen LogP contribution is 2.26. The fraction of sp³-hybridized carbons (Fsp3) is 0.227. The molecule has 156 valence electrons. The Balaban J connectivity index is 2.07. The van der Waals surface area contributed by atoms with Gasteiger partial charge in [0.1, 0.15) is 23.1 Å². The van der Waals surface area contributed by atoms with E-state index in [2.05, 4.69) is 5.32 Å². The first kappa shape index (κ1) is 22.8. The largest absolute Gasteiger partial charge is 0.494 e. The van der Waals surface area contributed by atoms with Crippen molar-refractivity contribution in [3.63, 3.8) is 0 Å². The van der Waals surface area contributed by atoms with Crippen molar-refractivity contribution in [1.29, 1.82) is 5.26 Å². The van der Waals surface area contributed by atoms with E-state index in [1.165, 1.54) is 12.1 Å². The van der Waals surface area contributed by atoms with Crippen LogP contribution in [-0.4, -0.2) is 31.7 Å². The number of esters is 1. The average molecular weight is 429 g/mol. The summed E-state index contributed by atoms with van der Waals surface area (Å²) < 4.78 is 15.4. The van der Waals surface area contributed by atoms with Gasteiger partial charge in [-0.1, -0.05) is 17.7 Å². The van der Waals surface area contributed by atoms with Crippen molar-refractivity contribution >= 4 is 35.2 Å². The lowest BCUT2D eigenvalue weighted by atomic mass is 10.1. The van der Waals surface area contributed by atoms with Crippen LogP contribution < -0.4 is 14.8 Å². The summed E-state index contributed by atoms with van der Waals surface area (Å²) in [5.41, 5.74) is 0.965. The monoisotopic (exact) mass is 428 g/mol. The summed E-state index contributed by atoms with van der Waals surface area (Å²) in [4.78, 5) is 23.8. The zero-order chi connectivity index (χ0) is 21.9. The first-order chi connectivity index (χ1) is 14.5. The van der Waals surface area contributed by atoms with Crippen LogP contribution in [0.5, 0.6) is 11.5 Å². The number of nitrogens with one attached hydrogen (secondary N) is 1. The Morgan fingerprint density at radius 2 is 1.83 bits per heavy atom. The van der Waals surface area contributed by atoms with Crippen LogP contribution in [0.15, 0.2) is 48.0 Å². The highest BCUT2D eigenvalue weighted by atomic mass is 35.5. The molecule has 1 amide bonds. The van der Waals surface area contributed by atoms with E-state index >= 15 is 0 Å². The molecule has 0 fully saturated rings. The fourth-order valence-corrected chi connectivity index (χ4v) is 2.62. The maximum Gasteiger partial charge on any atom is 0.344 e. The predicted octanol–water partition coefficient (Wildman–Crippen LogP) is 4.23. The van der Waals surface area contributed by atoms with Crippen molar-refractivity contribution in [2.45, 2.75) is 13.8 Å². The summed E-state index contributed by atoms with van der Waals surface area (Å²) in [6, 6.07) is 13.4. The number of anilines is 1. The zero-order valence-corrected chi connectivity index (χ0v) is 17.4. The highest BCUT2D eigenvalue weighted by molar-refractivity contribution is 6.32. The summed E-state index contributed by atoms with van der Waals surface area (Å²) in [5, 5.41) is 12.3. The molecule has 0 atom stereocenters. The van der Waals surface area contributed by atoms with E-state index in [1.54, 1.807) is 43.3 Å². The molecule has 0 aromatic heterocycles. The number of hydrogen-bond donors (Lipinski definition) is 1. The Labute approximate surface area is 179 Å². The van der Waals surface area contributed by atoms with Crippen molar-refractivity contribution < 1.29 is 23.8 Å². The number of halogens is 1. The van der Waals surface area contributed by atoms with Gasteiger partial charge in [0.25, 0.3) is 5.91 Å². The van der Waals surface area contributed by atoms with Gasteiger partial charge in [0.05, 0.1) is 18.2 Å². The molecule has 0 aliphatic heterocycles. The third kappa shape index (κ3) is 6.83. The van der Waals surface area contributed by atoms with Crippen LogP contribution in [-0.2, 0) is 14.3 Å². The molecular formula is C22H21ClN2O5. The van der Waals surface area contributed by atoms with Gasteiger partial charge in [-0.25, -0.2) is 4.79 Å². The maximum absolute atomic E-state index is 12.4. The molecule has 0 radical (unpaired) electrons. The van der Waals surface area contributed by atoms with Crippen LogP contribution in [0.4, 0.5) is 5.69 Å². The number of nitriles is 1. The van der Waals surface area contributed by atoms with Gasteiger partial charge in [-0.2, -0.15) is 5.26 Å². The zero-order valence-electron chi connectivity index (χ0n) is 16.6. The molecule has 2 rings (SSSR count). The van der Waals surface area contributed by atoms with Gasteiger partial charge >= 0.3 is 5.97 Å². The third-order valence-corrected chi connectivity index (χ3v) is 4.00. The number of nitrogens with zero attached hydrogens (tertiary/aromatic N) is 1. The molecule has 2 aromatic rings. The topological polar surface area (TPSA) is 97.7 Å². The standard InChI is InChI=1S/C22H21ClN2O5/c1-3-28-18-8-6-17(7-9-18)25-22(27)16(13-24)11-15-5-10-20(19(23)12-15)30-14-21(26)29-4-2/h5-12H,3-4,14H2,1-2H3,(H,25,27)/b16-11+. The van der Waals surface area contributed by atoms with Gasteiger partial charge in [0.2, 0.25) is 0 Å². The molecule has 8 heteroatoms. The summed E-state index contributed by atoms with van der Waals surface area (Å²) in [6.07, 6.45) is 1.41. The molecule has 30 heavy (non-hydrogen) atoms. The highest BCUT2D eigenvalue weighted by Gasteiger charge is 2.11. The minimum Gasteiger partial charge on any atom is -0.494 e. The lowest BCUT2D eigenvalue weighted by Crippen LogP contribution is -2.14. The Hall–Kier alpha value is -3.50. The second kappa shape index (κ2) is 11.5. The smallest absolute Gasteiger partial charge is 0.344 e. The second-order valence-corrected chi connectivity index (χ2v) is 6.27. The van der Waals surface area contributed by atoms with Crippen molar-refractivity contribution in [1.82, 2.24) is 0 Å². The van der Waals surface area contributed by atoms with Gasteiger partial charge in [0, 0.05) is 5.69 Å². The summed E-state index contributed by atoms with van der Waals surface area (Å²) >= 11 is 6.16. The van der Waals surface area contributed by atoms with Crippen molar-refractivity contribution in [2.24, 2.45) is 0 Å². The van der Waals surface area contributed by atoms with Crippen LogP contribution in [0.3, 0.4) is 0 Å². The van der Waals surface area contributed by atoms with Gasteiger partial charge in [-0.15, -0.1) is 0 Å². The van der Waals surface area contributed by atoms with E-state index in [0.29, 0.717) is 29.4 Å². The van der Waals surface area contributed by atoms with Gasteiger partial charge in [-0.05, 0) is 61.9 Å². The first-order valence-electron chi connectivity index (χ1n) is 9.20. The Morgan fingerprint density at radius 3 is 2.43 bits per heavy atom. The van der Waals surface area contributed by atoms with E-state index in [-0.39, 0.29) is 23.8 Å². The maximum atomic E-state index is 12.4. The molecule has 1 N–H and O–H groups in total. The lowest BCUT2D eigenvalue weighted by molar-refractivity contribution is -0.145. The molecule has 0 unspecified atom stereocenters. The van der Waals surface area contributed by atoms with Crippen LogP contribution in [0.25, 0.3) is 6.08 Å². The molecule has 0 saturated heterocycles. The molecule has 0 saturated carbocycles. The molecular weight excluding hydrogens is 408 g/mol. The predicted molar refractivity (Wildman–Crippen MR) is 113 cm³/mol. The van der Waals surface area contributed by atoms with E-state index in [4.69, 9.17) is 25.8 Å². The van der Waals surface area contributed by atoms with E-state index in [0.717, 1.165) is 0 Å². The number of amides is 1. The van der Waals surface area contributed by atoms with Crippen LogP contribution in [0, 0.1) is 11.3 Å². The number of rotatable bonds is 9. The number of benzene rings is 2. The summed E-state index contributed by atoms with van der Waals surface area (Å²) in [7, 11) is 0. The quantitative estimate of drug-likeness (QED) is 0.364. The summed E-state index contributed by atoms with van der Waals surface area (Å²) in [5.74, 6) is -0.0821. The number of hydrogen-bond acceptors (Lipinski definition) is 6. The molecule has 0 aliphatic rings. The Kier molecular flexibility index (Phi) is 8.73. The lowest BCUT2D eigenvalue weighted by Gasteiger charge is -2.09. The first-order valence-corrected chi connectivity index (χ1v) is 9.58. The Morgan fingerprint density at radius 1 is 1.10 bits per heavy atom. The molecule has 2 aromatic carbocycles. The van der Waals surface area contributed by atoms with E-state index in [1.807, 2.05) is 13.0 Å². The SMILES string of the molecule is CCOC(=O)COc1ccc(/C=C(\C#N)C(=O)Nc2ccc(OCC)cc2)cc1Cl. The normalized spacial score (nSPS) is 10.7. The third-order valence-electron chi connectivity index (χ3n) is 3.71. The molecule has 0 spiro atoms. The number of ether oxygens (including phenoxy) is 3.